The third-order valence-corrected chi connectivity index (χ3v) is 1.68. The van der Waals surface area contributed by atoms with Crippen molar-refractivity contribution in [3.05, 3.63) is 0 Å². The number of carbonyl (C=O) groups is 1. The normalized spacial score (nSPS) is 20.5. The SMILES string of the molecule is CCC(=O)NCC1(O)COC1. The van der Waals surface area contributed by atoms with Gasteiger partial charge in [0.1, 0.15) is 5.60 Å². The van der Waals surface area contributed by atoms with Gasteiger partial charge in [-0.2, -0.15) is 0 Å². The molecule has 2 N–H and O–H groups in total. The second kappa shape index (κ2) is 3.19. The van der Waals surface area contributed by atoms with Crippen LogP contribution < -0.4 is 5.32 Å². The van der Waals surface area contributed by atoms with Crippen LogP contribution in [0.3, 0.4) is 0 Å². The van der Waals surface area contributed by atoms with Gasteiger partial charge in [0.15, 0.2) is 0 Å². The number of rotatable bonds is 3. The Balaban J connectivity index is 2.16. The molecule has 11 heavy (non-hydrogen) atoms. The summed E-state index contributed by atoms with van der Waals surface area (Å²) in [6.07, 6.45) is 0.455. The van der Waals surface area contributed by atoms with Crippen molar-refractivity contribution in [2.24, 2.45) is 0 Å². The largest absolute Gasteiger partial charge is 0.383 e. The van der Waals surface area contributed by atoms with Crippen molar-refractivity contribution in [2.45, 2.75) is 18.9 Å². The predicted octanol–water partition coefficient (Wildman–Crippen LogP) is -0.726. The Hall–Kier alpha value is -0.610. The molecule has 1 saturated heterocycles. The van der Waals surface area contributed by atoms with Crippen molar-refractivity contribution in [2.75, 3.05) is 19.8 Å². The highest BCUT2D eigenvalue weighted by Crippen LogP contribution is 2.14. The quantitative estimate of drug-likeness (QED) is 0.571. The molecule has 0 saturated carbocycles. The average molecular weight is 159 g/mol. The minimum atomic E-state index is -0.801. The molecule has 1 amide bonds. The summed E-state index contributed by atoms with van der Waals surface area (Å²) in [5.41, 5.74) is -0.801. The van der Waals surface area contributed by atoms with Gasteiger partial charge in [-0.05, 0) is 0 Å². The third-order valence-electron chi connectivity index (χ3n) is 1.68. The topological polar surface area (TPSA) is 58.6 Å². The Labute approximate surface area is 65.5 Å². The number of hydrogen-bond acceptors (Lipinski definition) is 3. The highest BCUT2D eigenvalue weighted by atomic mass is 16.5. The summed E-state index contributed by atoms with van der Waals surface area (Å²) in [6, 6.07) is 0. The first-order valence-corrected chi connectivity index (χ1v) is 3.73. The molecule has 0 radical (unpaired) electrons. The summed E-state index contributed by atoms with van der Waals surface area (Å²) in [4.78, 5) is 10.7. The Morgan fingerprint density at radius 2 is 2.36 bits per heavy atom. The number of ether oxygens (including phenoxy) is 1. The van der Waals surface area contributed by atoms with Crippen LogP contribution in [-0.2, 0) is 9.53 Å². The van der Waals surface area contributed by atoms with Crippen molar-refractivity contribution in [1.29, 1.82) is 0 Å². The van der Waals surface area contributed by atoms with Crippen LogP contribution in [-0.4, -0.2) is 36.4 Å². The van der Waals surface area contributed by atoms with Gasteiger partial charge in [0.2, 0.25) is 5.91 Å². The molecule has 4 heteroatoms. The fourth-order valence-corrected chi connectivity index (χ4v) is 0.828. The van der Waals surface area contributed by atoms with Gasteiger partial charge in [-0.3, -0.25) is 4.79 Å². The lowest BCUT2D eigenvalue weighted by molar-refractivity contribution is -0.176. The van der Waals surface area contributed by atoms with Crippen molar-refractivity contribution in [1.82, 2.24) is 5.32 Å². The Kier molecular flexibility index (Phi) is 2.46. The average Bonchev–Trinajstić information content (AvgIpc) is 1.96. The summed E-state index contributed by atoms with van der Waals surface area (Å²) in [6.45, 7) is 2.74. The zero-order chi connectivity index (χ0) is 8.32. The summed E-state index contributed by atoms with van der Waals surface area (Å²) in [5, 5.41) is 12.0. The van der Waals surface area contributed by atoms with Gasteiger partial charge in [-0.1, -0.05) is 6.92 Å². The van der Waals surface area contributed by atoms with Gasteiger partial charge in [0, 0.05) is 6.42 Å². The van der Waals surface area contributed by atoms with E-state index in [0.717, 1.165) is 0 Å². The van der Waals surface area contributed by atoms with Crippen molar-refractivity contribution in [3.63, 3.8) is 0 Å². The fraction of sp³-hybridized carbons (Fsp3) is 0.857. The number of aliphatic hydroxyl groups is 1. The van der Waals surface area contributed by atoms with Crippen molar-refractivity contribution < 1.29 is 14.6 Å². The van der Waals surface area contributed by atoms with Crippen LogP contribution in [0.5, 0.6) is 0 Å². The third kappa shape index (κ3) is 2.17. The molecule has 0 aromatic rings. The number of hydrogen-bond donors (Lipinski definition) is 2. The minimum absolute atomic E-state index is 0.0367. The van der Waals surface area contributed by atoms with Crippen LogP contribution in [0.15, 0.2) is 0 Å². The number of nitrogens with one attached hydrogen (secondary N) is 1. The molecule has 0 aliphatic carbocycles. The summed E-state index contributed by atoms with van der Waals surface area (Å²) in [5.74, 6) is -0.0367. The van der Waals surface area contributed by atoms with Crippen LogP contribution >= 0.6 is 0 Å². The second-order valence-electron chi connectivity index (χ2n) is 2.85. The van der Waals surface area contributed by atoms with E-state index in [1.165, 1.54) is 0 Å². The lowest BCUT2D eigenvalue weighted by atomic mass is 10.0. The van der Waals surface area contributed by atoms with E-state index in [1.807, 2.05) is 0 Å². The molecule has 1 rings (SSSR count). The first-order valence-electron chi connectivity index (χ1n) is 3.73. The first-order chi connectivity index (χ1) is 5.16. The van der Waals surface area contributed by atoms with E-state index in [9.17, 15) is 9.90 Å². The molecule has 0 atom stereocenters. The van der Waals surface area contributed by atoms with E-state index >= 15 is 0 Å². The predicted molar refractivity (Wildman–Crippen MR) is 39.1 cm³/mol. The van der Waals surface area contributed by atoms with Crippen LogP contribution in [0.2, 0.25) is 0 Å². The molecule has 0 unspecified atom stereocenters. The van der Waals surface area contributed by atoms with Crippen molar-refractivity contribution in [3.8, 4) is 0 Å². The highest BCUT2D eigenvalue weighted by molar-refractivity contribution is 5.75. The summed E-state index contributed by atoms with van der Waals surface area (Å²) >= 11 is 0. The molecule has 4 nitrogen and oxygen atoms in total. The van der Waals surface area contributed by atoms with Crippen molar-refractivity contribution >= 4 is 5.91 Å². The van der Waals surface area contributed by atoms with Gasteiger partial charge in [-0.15, -0.1) is 0 Å². The molecule has 0 aromatic heterocycles. The first kappa shape index (κ1) is 8.49. The molecule has 0 bridgehead atoms. The monoisotopic (exact) mass is 159 g/mol. The summed E-state index contributed by atoms with van der Waals surface area (Å²) < 4.78 is 4.80. The van der Waals surface area contributed by atoms with Crippen LogP contribution in [0.1, 0.15) is 13.3 Å². The molecule has 0 spiro atoms. The van der Waals surface area contributed by atoms with Crippen LogP contribution in [0.25, 0.3) is 0 Å². The van der Waals surface area contributed by atoms with Gasteiger partial charge < -0.3 is 15.2 Å². The lowest BCUT2D eigenvalue weighted by Gasteiger charge is -2.36. The maximum atomic E-state index is 10.7. The molecule has 0 aromatic carbocycles. The van der Waals surface area contributed by atoms with Gasteiger partial charge in [0.25, 0.3) is 0 Å². The Bertz CT molecular complexity index is 154. The minimum Gasteiger partial charge on any atom is -0.383 e. The second-order valence-corrected chi connectivity index (χ2v) is 2.85. The van der Waals surface area contributed by atoms with Gasteiger partial charge >= 0.3 is 0 Å². The molecule has 64 valence electrons. The van der Waals surface area contributed by atoms with E-state index < -0.39 is 5.60 Å². The molecule has 1 heterocycles. The smallest absolute Gasteiger partial charge is 0.219 e. The van der Waals surface area contributed by atoms with Gasteiger partial charge in [0.05, 0.1) is 19.8 Å². The van der Waals surface area contributed by atoms with E-state index in [-0.39, 0.29) is 5.91 Å². The maximum absolute atomic E-state index is 10.7. The number of carbonyl (C=O) groups excluding carboxylic acids is 1. The van der Waals surface area contributed by atoms with Crippen LogP contribution in [0, 0.1) is 0 Å². The van der Waals surface area contributed by atoms with E-state index in [1.54, 1.807) is 6.92 Å². The number of amides is 1. The molecular weight excluding hydrogens is 146 g/mol. The zero-order valence-electron chi connectivity index (χ0n) is 6.59. The van der Waals surface area contributed by atoms with Crippen LogP contribution in [0.4, 0.5) is 0 Å². The van der Waals surface area contributed by atoms with E-state index in [4.69, 9.17) is 4.74 Å². The Morgan fingerprint density at radius 3 is 2.73 bits per heavy atom. The molecule has 1 fully saturated rings. The van der Waals surface area contributed by atoms with E-state index in [0.29, 0.717) is 26.2 Å². The van der Waals surface area contributed by atoms with Gasteiger partial charge in [-0.25, -0.2) is 0 Å². The Morgan fingerprint density at radius 1 is 1.73 bits per heavy atom. The maximum Gasteiger partial charge on any atom is 0.219 e. The standard InChI is InChI=1S/C7H13NO3/c1-2-6(9)8-3-7(10)4-11-5-7/h10H,2-5H2,1H3,(H,8,9). The highest BCUT2D eigenvalue weighted by Gasteiger charge is 2.35. The summed E-state index contributed by atoms with van der Waals surface area (Å²) in [7, 11) is 0. The molecular formula is C7H13NO3. The molecule has 1 aliphatic rings. The van der Waals surface area contributed by atoms with E-state index in [2.05, 4.69) is 5.32 Å². The fourth-order valence-electron chi connectivity index (χ4n) is 0.828. The lowest BCUT2D eigenvalue weighted by Crippen LogP contribution is -2.56. The molecule has 1 aliphatic heterocycles. The zero-order valence-corrected chi connectivity index (χ0v) is 6.59.